The minimum Gasteiger partial charge on any atom is -0.478 e. The minimum atomic E-state index is -1.03. The van der Waals surface area contributed by atoms with E-state index in [4.69, 9.17) is 14.7 Å². The molecule has 0 aromatic rings. The third-order valence-electron chi connectivity index (χ3n) is 1.91. The molecule has 1 amide bonds. The maximum Gasteiger partial charge on any atom is 0.431 e. The number of unbranched alkanes of at least 4 members (excludes halogenated alkanes) is 1. The van der Waals surface area contributed by atoms with Crippen molar-refractivity contribution in [3.63, 3.8) is 0 Å². The maximum absolute atomic E-state index is 11.0. The average molecular weight is 245 g/mol. The second-order valence-electron chi connectivity index (χ2n) is 3.45. The summed E-state index contributed by atoms with van der Waals surface area (Å²) in [5.74, 6) is -1.03. The molecule has 2 N–H and O–H groups in total. The molecule has 17 heavy (non-hydrogen) atoms. The standard InChI is InChI=1S/C11H19NO5/c1-3-4-8-17-12-11(15)16-7-5-6-9(2)10(13)14/h2-8H2,1H3,(H,12,15)(H,13,14). The lowest BCUT2D eigenvalue weighted by molar-refractivity contribution is -0.132. The van der Waals surface area contributed by atoms with Crippen molar-refractivity contribution in [3.8, 4) is 0 Å². The van der Waals surface area contributed by atoms with Crippen LogP contribution in [0.1, 0.15) is 32.6 Å². The molecule has 0 aliphatic heterocycles. The summed E-state index contributed by atoms with van der Waals surface area (Å²) >= 11 is 0. The predicted octanol–water partition coefficient (Wildman–Crippen LogP) is 1.87. The van der Waals surface area contributed by atoms with Crippen molar-refractivity contribution < 1.29 is 24.3 Å². The van der Waals surface area contributed by atoms with Gasteiger partial charge < -0.3 is 9.84 Å². The first-order chi connectivity index (χ1) is 8.07. The number of rotatable bonds is 9. The van der Waals surface area contributed by atoms with Crippen molar-refractivity contribution in [1.29, 1.82) is 0 Å². The van der Waals surface area contributed by atoms with Gasteiger partial charge in [-0.05, 0) is 19.3 Å². The lowest BCUT2D eigenvalue weighted by Crippen LogP contribution is -2.25. The molecule has 0 fully saturated rings. The van der Waals surface area contributed by atoms with E-state index < -0.39 is 12.1 Å². The third-order valence-corrected chi connectivity index (χ3v) is 1.91. The van der Waals surface area contributed by atoms with Crippen molar-refractivity contribution in [2.24, 2.45) is 0 Å². The van der Waals surface area contributed by atoms with Crippen molar-refractivity contribution in [3.05, 3.63) is 12.2 Å². The summed E-state index contributed by atoms with van der Waals surface area (Å²) < 4.78 is 4.74. The van der Waals surface area contributed by atoms with Gasteiger partial charge in [-0.2, -0.15) is 5.48 Å². The molecule has 0 radical (unpaired) electrons. The van der Waals surface area contributed by atoms with Gasteiger partial charge in [-0.25, -0.2) is 9.59 Å². The molecular formula is C11H19NO5. The van der Waals surface area contributed by atoms with Gasteiger partial charge in [-0.15, -0.1) is 0 Å². The van der Waals surface area contributed by atoms with E-state index in [9.17, 15) is 9.59 Å². The van der Waals surface area contributed by atoms with Gasteiger partial charge in [0.15, 0.2) is 0 Å². The minimum absolute atomic E-state index is 0.105. The smallest absolute Gasteiger partial charge is 0.431 e. The summed E-state index contributed by atoms with van der Waals surface area (Å²) in [5, 5.41) is 8.52. The van der Waals surface area contributed by atoms with Crippen molar-refractivity contribution in [1.82, 2.24) is 5.48 Å². The van der Waals surface area contributed by atoms with E-state index in [0.29, 0.717) is 19.4 Å². The quantitative estimate of drug-likeness (QED) is 0.368. The van der Waals surface area contributed by atoms with Crippen LogP contribution in [0.25, 0.3) is 0 Å². The first kappa shape index (κ1) is 15.4. The summed E-state index contributed by atoms with van der Waals surface area (Å²) in [4.78, 5) is 26.2. The fourth-order valence-electron chi connectivity index (χ4n) is 0.913. The Balaban J connectivity index is 3.39. The van der Waals surface area contributed by atoms with Crippen LogP contribution < -0.4 is 5.48 Å². The lowest BCUT2D eigenvalue weighted by atomic mass is 10.2. The van der Waals surface area contributed by atoms with E-state index in [0.717, 1.165) is 12.8 Å². The van der Waals surface area contributed by atoms with Gasteiger partial charge in [0.05, 0.1) is 13.2 Å². The molecule has 98 valence electrons. The number of aliphatic carboxylic acids is 1. The van der Waals surface area contributed by atoms with Crippen LogP contribution in [0.15, 0.2) is 12.2 Å². The summed E-state index contributed by atoms with van der Waals surface area (Å²) in [7, 11) is 0. The van der Waals surface area contributed by atoms with Gasteiger partial charge in [0.2, 0.25) is 0 Å². The third kappa shape index (κ3) is 9.37. The van der Waals surface area contributed by atoms with Crippen LogP contribution in [0, 0.1) is 0 Å². The van der Waals surface area contributed by atoms with E-state index in [2.05, 4.69) is 12.1 Å². The van der Waals surface area contributed by atoms with Crippen LogP contribution in [0.5, 0.6) is 0 Å². The molecule has 0 aliphatic rings. The summed E-state index contributed by atoms with van der Waals surface area (Å²) in [6.07, 6.45) is 1.89. The molecule has 6 heteroatoms. The highest BCUT2D eigenvalue weighted by molar-refractivity contribution is 5.85. The van der Waals surface area contributed by atoms with Gasteiger partial charge in [-0.3, -0.25) is 4.84 Å². The second kappa shape index (κ2) is 9.65. The second-order valence-corrected chi connectivity index (χ2v) is 3.45. The van der Waals surface area contributed by atoms with Gasteiger partial charge in [0.1, 0.15) is 0 Å². The fourth-order valence-corrected chi connectivity index (χ4v) is 0.913. The zero-order chi connectivity index (χ0) is 13.1. The molecule has 0 heterocycles. The first-order valence-electron chi connectivity index (χ1n) is 5.53. The molecular weight excluding hydrogens is 226 g/mol. The molecule has 0 unspecified atom stereocenters. The molecule has 0 spiro atoms. The van der Waals surface area contributed by atoms with E-state index in [1.807, 2.05) is 6.92 Å². The Hall–Kier alpha value is -1.56. The Morgan fingerprint density at radius 3 is 2.59 bits per heavy atom. The fraction of sp³-hybridized carbons (Fsp3) is 0.636. The average Bonchev–Trinajstić information content (AvgIpc) is 2.29. The number of hydrogen-bond acceptors (Lipinski definition) is 4. The van der Waals surface area contributed by atoms with E-state index in [1.165, 1.54) is 0 Å². The molecule has 0 aromatic carbocycles. The topological polar surface area (TPSA) is 84.9 Å². The summed E-state index contributed by atoms with van der Waals surface area (Å²) in [6.45, 7) is 5.95. The Kier molecular flexibility index (Phi) is 8.77. The highest BCUT2D eigenvalue weighted by atomic mass is 16.7. The summed E-state index contributed by atoms with van der Waals surface area (Å²) in [5.41, 5.74) is 2.23. The van der Waals surface area contributed by atoms with E-state index in [-0.39, 0.29) is 12.2 Å². The Bertz CT molecular complexity index is 265. The van der Waals surface area contributed by atoms with E-state index in [1.54, 1.807) is 0 Å². The molecule has 0 aromatic heterocycles. The van der Waals surface area contributed by atoms with Gasteiger partial charge in [-0.1, -0.05) is 19.9 Å². The molecule has 0 aliphatic carbocycles. The highest BCUT2D eigenvalue weighted by Gasteiger charge is 2.05. The molecule has 0 saturated heterocycles. The van der Waals surface area contributed by atoms with Crippen LogP contribution in [-0.4, -0.2) is 30.4 Å². The number of nitrogens with one attached hydrogen (secondary N) is 1. The van der Waals surface area contributed by atoms with Gasteiger partial charge >= 0.3 is 12.1 Å². The van der Waals surface area contributed by atoms with Gasteiger partial charge in [0, 0.05) is 5.57 Å². The number of carboxylic acids is 1. The number of amides is 1. The van der Waals surface area contributed by atoms with Crippen molar-refractivity contribution in [2.45, 2.75) is 32.6 Å². The number of ether oxygens (including phenoxy) is 1. The number of carbonyl (C=O) groups excluding carboxylic acids is 1. The maximum atomic E-state index is 11.0. The zero-order valence-corrected chi connectivity index (χ0v) is 10.0. The zero-order valence-electron chi connectivity index (χ0n) is 10.0. The largest absolute Gasteiger partial charge is 0.478 e. The number of hydroxylamine groups is 1. The normalized spacial score (nSPS) is 9.71. The van der Waals surface area contributed by atoms with Crippen LogP contribution in [-0.2, 0) is 14.4 Å². The van der Waals surface area contributed by atoms with E-state index >= 15 is 0 Å². The van der Waals surface area contributed by atoms with Crippen LogP contribution >= 0.6 is 0 Å². The SMILES string of the molecule is C=C(CCCOC(=O)NOCCCC)C(=O)O. The Labute approximate surface area is 101 Å². The van der Waals surface area contributed by atoms with Gasteiger partial charge in [0.25, 0.3) is 0 Å². The monoisotopic (exact) mass is 245 g/mol. The molecule has 0 saturated carbocycles. The van der Waals surface area contributed by atoms with Crippen molar-refractivity contribution in [2.75, 3.05) is 13.2 Å². The van der Waals surface area contributed by atoms with Crippen LogP contribution in [0.4, 0.5) is 4.79 Å². The molecule has 0 rings (SSSR count). The lowest BCUT2D eigenvalue weighted by Gasteiger charge is -2.06. The predicted molar refractivity (Wildman–Crippen MR) is 61.4 cm³/mol. The first-order valence-corrected chi connectivity index (χ1v) is 5.53. The highest BCUT2D eigenvalue weighted by Crippen LogP contribution is 2.02. The van der Waals surface area contributed by atoms with Crippen LogP contribution in [0.2, 0.25) is 0 Å². The van der Waals surface area contributed by atoms with Crippen LogP contribution in [0.3, 0.4) is 0 Å². The number of carboxylic acid groups (broad SMARTS) is 1. The Morgan fingerprint density at radius 2 is 2.00 bits per heavy atom. The molecule has 6 nitrogen and oxygen atoms in total. The number of carbonyl (C=O) groups is 2. The molecule has 0 atom stereocenters. The Morgan fingerprint density at radius 1 is 1.29 bits per heavy atom. The number of hydrogen-bond donors (Lipinski definition) is 2. The van der Waals surface area contributed by atoms with Crippen molar-refractivity contribution >= 4 is 12.1 Å². The summed E-state index contributed by atoms with van der Waals surface area (Å²) in [6, 6.07) is 0. The molecule has 0 bridgehead atoms.